The molecule has 0 amide bonds. The highest BCUT2D eigenvalue weighted by Gasteiger charge is 2.19. The molecule has 2 rings (SSSR count). The van der Waals surface area contributed by atoms with E-state index in [1.165, 1.54) is 18.3 Å². The summed E-state index contributed by atoms with van der Waals surface area (Å²) in [6, 6.07) is 5.79. The molecule has 0 radical (unpaired) electrons. The molecule has 5 nitrogen and oxygen atoms in total. The lowest BCUT2D eigenvalue weighted by atomic mass is 10.1. The highest BCUT2D eigenvalue weighted by Crippen LogP contribution is 2.19. The van der Waals surface area contributed by atoms with Crippen LogP contribution in [-0.2, 0) is 4.74 Å². The Morgan fingerprint density at radius 2 is 1.88 bits per heavy atom. The lowest BCUT2D eigenvalue weighted by Gasteiger charge is -2.18. The Morgan fingerprint density at radius 3 is 2.50 bits per heavy atom. The van der Waals surface area contributed by atoms with Crippen LogP contribution in [0.25, 0.3) is 11.1 Å². The van der Waals surface area contributed by atoms with Crippen molar-refractivity contribution in [3.05, 3.63) is 58.3 Å². The topological polar surface area (TPSA) is 65.5 Å². The molecule has 0 unspecified atom stereocenters. The molecule has 1 aromatic heterocycles. The van der Waals surface area contributed by atoms with E-state index in [2.05, 4.69) is 4.98 Å². The zero-order chi connectivity index (χ0) is 17.9. The largest absolute Gasteiger partial charge is 0.514 e. The second-order valence-corrected chi connectivity index (χ2v) is 6.29. The van der Waals surface area contributed by atoms with Crippen molar-refractivity contribution in [2.45, 2.75) is 33.3 Å². The van der Waals surface area contributed by atoms with Crippen LogP contribution in [0.5, 0.6) is 5.75 Å². The van der Waals surface area contributed by atoms with Crippen LogP contribution in [0.15, 0.2) is 41.5 Å². The molecule has 24 heavy (non-hydrogen) atoms. The molecule has 0 N–H and O–H groups in total. The summed E-state index contributed by atoms with van der Waals surface area (Å²) in [5.41, 5.74) is -0.0781. The summed E-state index contributed by atoms with van der Waals surface area (Å²) in [5, 5.41) is 0. The Kier molecular flexibility index (Phi) is 4.97. The lowest BCUT2D eigenvalue weighted by molar-refractivity contribution is 0.0204. The number of hydrogen-bond acceptors (Lipinski definition) is 5. The summed E-state index contributed by atoms with van der Waals surface area (Å²) < 4.78 is 23.5. The van der Waals surface area contributed by atoms with Crippen molar-refractivity contribution in [2.75, 3.05) is 0 Å². The van der Waals surface area contributed by atoms with Gasteiger partial charge in [0.25, 0.3) is 0 Å². The van der Waals surface area contributed by atoms with Crippen molar-refractivity contribution < 1.29 is 18.7 Å². The molecule has 2 aromatic rings. The van der Waals surface area contributed by atoms with Crippen molar-refractivity contribution in [3.63, 3.8) is 0 Å². The van der Waals surface area contributed by atoms with Crippen molar-refractivity contribution in [1.82, 2.24) is 4.98 Å². The first-order valence-electron chi connectivity index (χ1n) is 7.32. The number of halogens is 1. The zero-order valence-electron chi connectivity index (χ0n) is 13.9. The average molecular weight is 331 g/mol. The average Bonchev–Trinajstić information content (AvgIpc) is 2.58. The molecule has 0 fully saturated rings. The fourth-order valence-electron chi connectivity index (χ4n) is 1.97. The SMILES string of the molecule is Cc1ccc(OC(=O)OC(C)(C)C)c(=O)c(-c2cncc(F)c2)c1. The van der Waals surface area contributed by atoms with Crippen LogP contribution >= 0.6 is 0 Å². The van der Waals surface area contributed by atoms with Crippen molar-refractivity contribution in [3.8, 4) is 16.9 Å². The van der Waals surface area contributed by atoms with Gasteiger partial charge in [-0.05, 0) is 45.9 Å². The molecule has 0 aliphatic heterocycles. The van der Waals surface area contributed by atoms with Gasteiger partial charge in [0.15, 0.2) is 5.75 Å². The summed E-state index contributed by atoms with van der Waals surface area (Å²) in [7, 11) is 0. The number of carbonyl (C=O) groups is 1. The Bertz CT molecular complexity index is 828. The minimum Gasteiger partial charge on any atom is -0.428 e. The molecule has 1 heterocycles. The van der Waals surface area contributed by atoms with E-state index in [-0.39, 0.29) is 11.3 Å². The highest BCUT2D eigenvalue weighted by atomic mass is 19.1. The number of aromatic nitrogens is 1. The first kappa shape index (κ1) is 17.6. The summed E-state index contributed by atoms with van der Waals surface area (Å²) in [6.07, 6.45) is 1.44. The standard InChI is InChI=1S/C18H18FNO4/c1-11-5-6-15(23-17(22)24-18(2,3)4)16(21)14(7-11)12-8-13(19)10-20-9-12/h5-10H,1-4H3. The Hall–Kier alpha value is -2.76. The number of hydrogen-bond donors (Lipinski definition) is 0. The summed E-state index contributed by atoms with van der Waals surface area (Å²) in [6.45, 7) is 6.83. The number of nitrogens with zero attached hydrogens (tertiary/aromatic N) is 1. The van der Waals surface area contributed by atoms with Gasteiger partial charge >= 0.3 is 6.16 Å². The maximum atomic E-state index is 13.4. The molecule has 6 heteroatoms. The molecule has 0 bridgehead atoms. The summed E-state index contributed by atoms with van der Waals surface area (Å²) in [4.78, 5) is 28.2. The molecule has 0 atom stereocenters. The summed E-state index contributed by atoms with van der Waals surface area (Å²) in [5.74, 6) is -0.762. The maximum absolute atomic E-state index is 13.4. The molecule has 0 saturated carbocycles. The predicted molar refractivity (Wildman–Crippen MR) is 87.5 cm³/mol. The van der Waals surface area contributed by atoms with E-state index in [1.54, 1.807) is 39.8 Å². The monoisotopic (exact) mass is 331 g/mol. The first-order valence-corrected chi connectivity index (χ1v) is 7.32. The van der Waals surface area contributed by atoms with E-state index in [1.807, 2.05) is 0 Å². The van der Waals surface area contributed by atoms with Crippen LogP contribution in [0, 0.1) is 12.7 Å². The molecule has 1 aromatic carbocycles. The number of aryl methyl sites for hydroxylation is 1. The third kappa shape index (κ3) is 4.62. The van der Waals surface area contributed by atoms with Gasteiger partial charge in [-0.1, -0.05) is 11.6 Å². The summed E-state index contributed by atoms with van der Waals surface area (Å²) >= 11 is 0. The molecule has 0 saturated heterocycles. The Labute approximate surface area is 139 Å². The van der Waals surface area contributed by atoms with Gasteiger partial charge in [-0.15, -0.1) is 0 Å². The van der Waals surface area contributed by atoms with Gasteiger partial charge in [-0.3, -0.25) is 9.78 Å². The lowest BCUT2D eigenvalue weighted by Crippen LogP contribution is -2.27. The molecule has 0 spiro atoms. The van der Waals surface area contributed by atoms with E-state index in [9.17, 15) is 14.0 Å². The van der Waals surface area contributed by atoms with Crippen LogP contribution in [0.2, 0.25) is 0 Å². The number of ether oxygens (including phenoxy) is 2. The smallest absolute Gasteiger partial charge is 0.428 e. The quantitative estimate of drug-likeness (QED) is 0.782. The van der Waals surface area contributed by atoms with E-state index in [0.717, 1.165) is 11.8 Å². The highest BCUT2D eigenvalue weighted by molar-refractivity contribution is 5.68. The minimum atomic E-state index is -0.980. The van der Waals surface area contributed by atoms with E-state index in [0.29, 0.717) is 5.56 Å². The fraction of sp³-hybridized carbons (Fsp3) is 0.278. The number of pyridine rings is 1. The number of rotatable bonds is 2. The normalized spacial score (nSPS) is 11.0. The third-order valence-corrected chi connectivity index (χ3v) is 2.94. The van der Waals surface area contributed by atoms with E-state index >= 15 is 0 Å². The van der Waals surface area contributed by atoms with Crippen molar-refractivity contribution >= 4 is 6.16 Å². The molecular weight excluding hydrogens is 313 g/mol. The third-order valence-electron chi connectivity index (χ3n) is 2.94. The van der Waals surface area contributed by atoms with Gasteiger partial charge in [-0.25, -0.2) is 9.18 Å². The van der Waals surface area contributed by atoms with Gasteiger partial charge in [0.2, 0.25) is 5.43 Å². The van der Waals surface area contributed by atoms with E-state index in [4.69, 9.17) is 9.47 Å². The van der Waals surface area contributed by atoms with Crippen LogP contribution in [0.3, 0.4) is 0 Å². The first-order chi connectivity index (χ1) is 11.2. The van der Waals surface area contributed by atoms with Gasteiger partial charge in [0.05, 0.1) is 6.20 Å². The zero-order valence-corrected chi connectivity index (χ0v) is 13.9. The van der Waals surface area contributed by atoms with Crippen molar-refractivity contribution in [1.29, 1.82) is 0 Å². The van der Waals surface area contributed by atoms with Gasteiger partial charge in [-0.2, -0.15) is 0 Å². The Balaban J connectivity index is 2.48. The molecular formula is C18H18FNO4. The molecule has 126 valence electrons. The van der Waals surface area contributed by atoms with Gasteiger partial charge in [0, 0.05) is 17.3 Å². The van der Waals surface area contributed by atoms with Crippen molar-refractivity contribution in [2.24, 2.45) is 0 Å². The van der Waals surface area contributed by atoms with Crippen LogP contribution < -0.4 is 10.2 Å². The maximum Gasteiger partial charge on any atom is 0.514 e. The van der Waals surface area contributed by atoms with Crippen LogP contribution in [0.1, 0.15) is 26.3 Å². The molecule has 0 aliphatic carbocycles. The van der Waals surface area contributed by atoms with Gasteiger partial charge < -0.3 is 9.47 Å². The van der Waals surface area contributed by atoms with Crippen LogP contribution in [0.4, 0.5) is 9.18 Å². The fourth-order valence-corrected chi connectivity index (χ4v) is 1.97. The van der Waals surface area contributed by atoms with Crippen LogP contribution in [-0.4, -0.2) is 16.7 Å². The predicted octanol–water partition coefficient (Wildman–Crippen LogP) is 3.87. The van der Waals surface area contributed by atoms with Gasteiger partial charge in [0.1, 0.15) is 11.4 Å². The van der Waals surface area contributed by atoms with E-state index < -0.39 is 23.0 Å². The number of carbonyl (C=O) groups excluding carboxylic acids is 1. The minimum absolute atomic E-state index is 0.183. The second-order valence-electron chi connectivity index (χ2n) is 6.29. The molecule has 0 aliphatic rings. The second kappa shape index (κ2) is 6.78. The Morgan fingerprint density at radius 1 is 1.17 bits per heavy atom.